The molecule has 0 fully saturated rings. The van der Waals surface area contributed by atoms with Gasteiger partial charge in [-0.2, -0.15) is 0 Å². The van der Waals surface area contributed by atoms with E-state index in [-0.39, 0.29) is 11.8 Å². The number of rotatable bonds is 0. The number of carbonyl (C=O) groups is 1. The second kappa shape index (κ2) is 4.68. The van der Waals surface area contributed by atoms with Crippen molar-refractivity contribution in [1.29, 1.82) is 0 Å². The monoisotopic (exact) mass is 323 g/mol. The molecule has 1 aromatic heterocycles. The highest BCUT2D eigenvalue weighted by atomic mass is 32.1. The second-order valence-corrected chi connectivity index (χ2v) is 7.47. The van der Waals surface area contributed by atoms with E-state index >= 15 is 0 Å². The molecule has 23 heavy (non-hydrogen) atoms. The summed E-state index contributed by atoms with van der Waals surface area (Å²) in [5.74, 6) is 0.232. The number of allylic oxidation sites excluding steroid dienone is 2. The zero-order chi connectivity index (χ0) is 15.6. The predicted molar refractivity (Wildman–Crippen MR) is 91.0 cm³/mol. The third kappa shape index (κ3) is 1.77. The number of fused-ring (bicyclic) bond motifs is 7. The van der Waals surface area contributed by atoms with E-state index in [0.717, 1.165) is 42.0 Å². The Bertz CT molecular complexity index is 867. The lowest BCUT2D eigenvalue weighted by molar-refractivity contribution is -0.114. The normalized spacial score (nSPS) is 22.3. The third-order valence-corrected chi connectivity index (χ3v) is 6.11. The standard InChI is InChI=1S/C18H17N3OS/c19-18-20-15-14-12(6-3-7-13(14)22)21-9-8-10-4-1-2-5-11(10)16(21)17(15)23-18/h1-2,4-5,16H,3,6-9H2,(H2,19,20). The Morgan fingerprint density at radius 3 is 3.00 bits per heavy atom. The lowest BCUT2D eigenvalue weighted by Gasteiger charge is -2.44. The van der Waals surface area contributed by atoms with Gasteiger partial charge in [-0.25, -0.2) is 4.98 Å². The van der Waals surface area contributed by atoms with Gasteiger partial charge in [-0.1, -0.05) is 35.6 Å². The van der Waals surface area contributed by atoms with Crippen LogP contribution in [-0.4, -0.2) is 22.2 Å². The first kappa shape index (κ1) is 13.3. The number of carbonyl (C=O) groups excluding carboxylic acids is 1. The van der Waals surface area contributed by atoms with E-state index in [1.807, 2.05) is 0 Å². The van der Waals surface area contributed by atoms with Crippen LogP contribution >= 0.6 is 11.3 Å². The van der Waals surface area contributed by atoms with E-state index in [0.29, 0.717) is 11.6 Å². The number of thiazole rings is 1. The van der Waals surface area contributed by atoms with Crippen LogP contribution in [-0.2, 0) is 11.2 Å². The first-order valence-corrected chi connectivity index (χ1v) is 8.93. The van der Waals surface area contributed by atoms with Crippen molar-refractivity contribution in [1.82, 2.24) is 9.88 Å². The van der Waals surface area contributed by atoms with Crippen LogP contribution in [0, 0.1) is 0 Å². The van der Waals surface area contributed by atoms with Crippen LogP contribution in [0.25, 0.3) is 5.57 Å². The quantitative estimate of drug-likeness (QED) is 0.809. The number of Topliss-reactive ketones (excluding diaryl/α,β-unsaturated/α-hetero) is 1. The number of ketones is 1. The maximum absolute atomic E-state index is 12.6. The van der Waals surface area contributed by atoms with Gasteiger partial charge in [0.05, 0.1) is 22.2 Å². The Labute approximate surface area is 138 Å². The zero-order valence-electron chi connectivity index (χ0n) is 12.7. The third-order valence-electron chi connectivity index (χ3n) is 5.17. The fraction of sp³-hybridized carbons (Fsp3) is 0.333. The molecule has 2 N–H and O–H groups in total. The number of nitrogens with zero attached hydrogens (tertiary/aromatic N) is 2. The minimum atomic E-state index is 0.175. The minimum Gasteiger partial charge on any atom is -0.375 e. The highest BCUT2D eigenvalue weighted by Crippen LogP contribution is 2.50. The number of aromatic nitrogens is 1. The van der Waals surface area contributed by atoms with Gasteiger partial charge in [0.15, 0.2) is 10.9 Å². The van der Waals surface area contributed by atoms with Crippen molar-refractivity contribution in [2.45, 2.75) is 31.7 Å². The van der Waals surface area contributed by atoms with Gasteiger partial charge < -0.3 is 10.6 Å². The molecular formula is C18H17N3OS. The van der Waals surface area contributed by atoms with Crippen molar-refractivity contribution in [2.75, 3.05) is 12.3 Å². The van der Waals surface area contributed by atoms with Crippen LogP contribution in [0.5, 0.6) is 0 Å². The van der Waals surface area contributed by atoms with Crippen LogP contribution in [0.4, 0.5) is 5.13 Å². The van der Waals surface area contributed by atoms with Crippen LogP contribution in [0.1, 0.15) is 47.0 Å². The van der Waals surface area contributed by atoms with Crippen molar-refractivity contribution in [2.24, 2.45) is 0 Å². The lowest BCUT2D eigenvalue weighted by atomic mass is 9.82. The number of anilines is 1. The van der Waals surface area contributed by atoms with E-state index < -0.39 is 0 Å². The molecule has 4 nitrogen and oxygen atoms in total. The fourth-order valence-electron chi connectivity index (χ4n) is 4.24. The molecule has 5 rings (SSSR count). The molecule has 0 saturated carbocycles. The molecule has 0 saturated heterocycles. The topological polar surface area (TPSA) is 59.2 Å². The first-order chi connectivity index (χ1) is 11.2. The van der Waals surface area contributed by atoms with Gasteiger partial charge in [0.1, 0.15) is 0 Å². The molecule has 1 aliphatic carbocycles. The number of hydrogen-bond donors (Lipinski definition) is 1. The Kier molecular flexibility index (Phi) is 2.71. The Morgan fingerprint density at radius 1 is 1.22 bits per heavy atom. The van der Waals surface area contributed by atoms with Crippen LogP contribution in [0.15, 0.2) is 30.0 Å². The minimum absolute atomic E-state index is 0.175. The fourth-order valence-corrected chi connectivity index (χ4v) is 5.21. The molecule has 1 unspecified atom stereocenters. The molecule has 0 radical (unpaired) electrons. The van der Waals surface area contributed by atoms with Gasteiger partial charge in [-0.15, -0.1) is 0 Å². The number of hydrogen-bond acceptors (Lipinski definition) is 5. The summed E-state index contributed by atoms with van der Waals surface area (Å²) < 4.78 is 0. The lowest BCUT2D eigenvalue weighted by Crippen LogP contribution is -2.40. The first-order valence-electron chi connectivity index (χ1n) is 8.11. The Balaban J connectivity index is 1.80. The number of nitrogens with two attached hydrogens (primary N) is 1. The van der Waals surface area contributed by atoms with Gasteiger partial charge >= 0.3 is 0 Å². The van der Waals surface area contributed by atoms with Crippen LogP contribution < -0.4 is 5.73 Å². The maximum Gasteiger partial charge on any atom is 0.180 e. The molecule has 3 heterocycles. The van der Waals surface area contributed by atoms with E-state index in [1.165, 1.54) is 28.2 Å². The average Bonchev–Trinajstić information content (AvgIpc) is 2.95. The van der Waals surface area contributed by atoms with Crippen molar-refractivity contribution in [3.05, 3.63) is 51.7 Å². The van der Waals surface area contributed by atoms with Crippen molar-refractivity contribution in [3.63, 3.8) is 0 Å². The Morgan fingerprint density at radius 2 is 2.09 bits per heavy atom. The molecule has 0 bridgehead atoms. The summed E-state index contributed by atoms with van der Waals surface area (Å²) in [4.78, 5) is 20.7. The molecule has 5 heteroatoms. The Hall–Kier alpha value is -2.14. The SMILES string of the molecule is Nc1nc2c(s1)C1c3ccccc3CCN1C1=C2C(=O)CCC1. The summed E-state index contributed by atoms with van der Waals surface area (Å²) in [5.41, 5.74) is 11.7. The van der Waals surface area contributed by atoms with Gasteiger partial charge in [-0.3, -0.25) is 4.79 Å². The molecular weight excluding hydrogens is 306 g/mol. The second-order valence-electron chi connectivity index (χ2n) is 6.41. The number of benzene rings is 1. The molecule has 0 spiro atoms. The average molecular weight is 323 g/mol. The van der Waals surface area contributed by atoms with Crippen molar-refractivity contribution in [3.8, 4) is 0 Å². The summed E-state index contributed by atoms with van der Waals surface area (Å²) in [5, 5.41) is 0.560. The van der Waals surface area contributed by atoms with E-state index in [2.05, 4.69) is 34.1 Å². The summed E-state index contributed by atoms with van der Waals surface area (Å²) in [6.45, 7) is 0.963. The van der Waals surface area contributed by atoms with Crippen LogP contribution in [0.2, 0.25) is 0 Å². The van der Waals surface area contributed by atoms with E-state index in [9.17, 15) is 4.79 Å². The zero-order valence-corrected chi connectivity index (χ0v) is 13.5. The molecule has 1 aromatic carbocycles. The highest BCUT2D eigenvalue weighted by Gasteiger charge is 2.42. The van der Waals surface area contributed by atoms with Crippen LogP contribution in [0.3, 0.4) is 0 Å². The summed E-state index contributed by atoms with van der Waals surface area (Å²) in [7, 11) is 0. The predicted octanol–water partition coefficient (Wildman–Crippen LogP) is 3.15. The molecule has 116 valence electrons. The van der Waals surface area contributed by atoms with Gasteiger partial charge in [-0.05, 0) is 30.4 Å². The number of nitrogen functional groups attached to an aromatic ring is 1. The molecule has 3 aliphatic rings. The molecule has 0 amide bonds. The van der Waals surface area contributed by atoms with Gasteiger partial charge in [0, 0.05) is 18.7 Å². The molecule has 2 aliphatic heterocycles. The molecule has 1 atom stereocenters. The maximum atomic E-state index is 12.6. The summed E-state index contributed by atoms with van der Waals surface area (Å²) in [6.07, 6.45) is 3.57. The van der Waals surface area contributed by atoms with Gasteiger partial charge in [0.2, 0.25) is 0 Å². The van der Waals surface area contributed by atoms with E-state index in [1.54, 1.807) is 0 Å². The summed E-state index contributed by atoms with van der Waals surface area (Å²) in [6, 6.07) is 8.81. The van der Waals surface area contributed by atoms with E-state index in [4.69, 9.17) is 5.73 Å². The summed E-state index contributed by atoms with van der Waals surface area (Å²) >= 11 is 1.54. The van der Waals surface area contributed by atoms with Crippen molar-refractivity contribution >= 4 is 27.8 Å². The largest absolute Gasteiger partial charge is 0.375 e. The van der Waals surface area contributed by atoms with Gasteiger partial charge in [0.25, 0.3) is 0 Å². The smallest absolute Gasteiger partial charge is 0.180 e. The molecule has 2 aromatic rings. The van der Waals surface area contributed by atoms with Crippen molar-refractivity contribution < 1.29 is 4.79 Å². The highest BCUT2D eigenvalue weighted by molar-refractivity contribution is 7.15.